The quantitative estimate of drug-likeness (QED) is 0.126. The zero-order valence-electron chi connectivity index (χ0n) is 23.8. The molecule has 1 heterocycles. The number of carboxylic acids is 1. The Morgan fingerprint density at radius 2 is 1.69 bits per heavy atom. The number of aliphatic carboxylic acids is 1. The van der Waals surface area contributed by atoms with E-state index in [-0.39, 0.29) is 23.3 Å². The molecule has 1 aliphatic carbocycles. The lowest BCUT2D eigenvalue weighted by molar-refractivity contribution is -0.157. The number of guanidine groups is 1. The topological polar surface area (TPSA) is 195 Å². The Morgan fingerprint density at radius 3 is 2.31 bits per heavy atom. The Bertz CT molecular complexity index is 1440. The van der Waals surface area contributed by atoms with Crippen molar-refractivity contribution in [3.8, 4) is 0 Å². The summed E-state index contributed by atoms with van der Waals surface area (Å²) in [5.41, 5.74) is 2.87. The standard InChI is InChI=1S/C29H40N6O6S/c1-19(34-42(40,41)24-12-11-21-7-5-6-8-22(21)17-24)25(36)29(27(38)39,33-23-9-3-2-4-10-23)26(37)32-18-20-13-15-35(16-14-20)28(30)31/h5-8,11-12,17,19-20,23,33-34H,2-4,9-10,13-16,18H2,1H3,(H3,30,31)(H,32,37)(H,38,39). The second-order valence-electron chi connectivity index (χ2n) is 11.3. The van der Waals surface area contributed by atoms with Crippen molar-refractivity contribution in [1.82, 2.24) is 20.3 Å². The first kappa shape index (κ1) is 31.4. The molecule has 2 fully saturated rings. The van der Waals surface area contributed by atoms with Gasteiger partial charge in [0.1, 0.15) is 0 Å². The van der Waals surface area contributed by atoms with Gasteiger partial charge < -0.3 is 21.1 Å². The normalized spacial score (nSPS) is 19.1. The van der Waals surface area contributed by atoms with E-state index in [1.807, 2.05) is 12.1 Å². The van der Waals surface area contributed by atoms with Crippen LogP contribution in [-0.4, -0.2) is 79.3 Å². The molecule has 2 unspecified atom stereocenters. The van der Waals surface area contributed by atoms with Crippen molar-refractivity contribution in [2.75, 3.05) is 19.6 Å². The number of fused-ring (bicyclic) bond motifs is 1. The monoisotopic (exact) mass is 600 g/mol. The third-order valence-electron chi connectivity index (χ3n) is 8.32. The second kappa shape index (κ2) is 13.2. The van der Waals surface area contributed by atoms with Crippen LogP contribution in [0.3, 0.4) is 0 Å². The van der Waals surface area contributed by atoms with Gasteiger partial charge in [0.05, 0.1) is 10.9 Å². The third kappa shape index (κ3) is 6.90. The highest BCUT2D eigenvalue weighted by Crippen LogP contribution is 2.24. The molecule has 2 aromatic carbocycles. The number of carboxylic acid groups (broad SMARTS) is 1. The zero-order chi connectivity index (χ0) is 30.5. The van der Waals surface area contributed by atoms with E-state index in [0.29, 0.717) is 44.2 Å². The predicted molar refractivity (Wildman–Crippen MR) is 158 cm³/mol. The highest BCUT2D eigenvalue weighted by molar-refractivity contribution is 7.89. The minimum Gasteiger partial charge on any atom is -0.479 e. The number of carbonyl (C=O) groups is 3. The molecule has 228 valence electrons. The summed E-state index contributed by atoms with van der Waals surface area (Å²) >= 11 is 0. The first-order valence-corrected chi connectivity index (χ1v) is 15.9. The van der Waals surface area contributed by atoms with Crippen molar-refractivity contribution < 1.29 is 27.9 Å². The largest absolute Gasteiger partial charge is 0.479 e. The fourth-order valence-electron chi connectivity index (χ4n) is 5.83. The molecule has 42 heavy (non-hydrogen) atoms. The predicted octanol–water partition coefficient (Wildman–Crippen LogP) is 1.54. The summed E-state index contributed by atoms with van der Waals surface area (Å²) in [6, 6.07) is 9.83. The molecule has 7 N–H and O–H groups in total. The fraction of sp³-hybridized carbons (Fsp3) is 0.517. The van der Waals surface area contributed by atoms with Gasteiger partial charge in [0.15, 0.2) is 11.7 Å². The molecule has 13 heteroatoms. The van der Waals surface area contributed by atoms with Gasteiger partial charge in [0, 0.05) is 25.7 Å². The summed E-state index contributed by atoms with van der Waals surface area (Å²) in [4.78, 5) is 42.2. The van der Waals surface area contributed by atoms with Crippen LogP contribution in [0.2, 0.25) is 0 Å². The molecule has 0 bridgehead atoms. The fourth-order valence-corrected chi connectivity index (χ4v) is 7.07. The van der Waals surface area contributed by atoms with Gasteiger partial charge in [0.2, 0.25) is 10.0 Å². The van der Waals surface area contributed by atoms with Crippen LogP contribution in [-0.2, 0) is 24.4 Å². The number of amides is 1. The van der Waals surface area contributed by atoms with Crippen LogP contribution in [0.25, 0.3) is 10.8 Å². The molecule has 4 rings (SSSR count). The van der Waals surface area contributed by atoms with Crippen LogP contribution in [0.5, 0.6) is 0 Å². The lowest BCUT2D eigenvalue weighted by atomic mass is 9.85. The van der Waals surface area contributed by atoms with Crippen LogP contribution in [0.4, 0.5) is 0 Å². The minimum absolute atomic E-state index is 0.00431. The number of nitrogens with two attached hydrogens (primary N) is 1. The smallest absolute Gasteiger partial charge is 0.341 e. The Morgan fingerprint density at radius 1 is 1.05 bits per heavy atom. The molecule has 1 saturated heterocycles. The number of nitrogens with one attached hydrogen (secondary N) is 4. The molecule has 1 saturated carbocycles. The molecule has 0 spiro atoms. The number of benzene rings is 2. The Labute approximate surface area is 246 Å². The van der Waals surface area contributed by atoms with E-state index in [0.717, 1.165) is 24.6 Å². The van der Waals surface area contributed by atoms with Gasteiger partial charge in [-0.15, -0.1) is 0 Å². The summed E-state index contributed by atoms with van der Waals surface area (Å²) in [6.45, 7) is 2.46. The number of Topliss-reactive ketones (excluding diaryl/α,β-unsaturated/α-hetero) is 1. The van der Waals surface area contributed by atoms with E-state index in [9.17, 15) is 27.9 Å². The van der Waals surface area contributed by atoms with Gasteiger partial charge >= 0.3 is 5.97 Å². The van der Waals surface area contributed by atoms with Crippen molar-refractivity contribution in [2.24, 2.45) is 11.7 Å². The number of sulfonamides is 1. The molecule has 1 amide bonds. The number of carbonyl (C=O) groups excluding carboxylic acids is 2. The number of piperidine rings is 1. The Balaban J connectivity index is 1.56. The summed E-state index contributed by atoms with van der Waals surface area (Å²) in [5.74, 6) is -3.81. The number of hydrogen-bond donors (Lipinski definition) is 6. The number of likely N-dealkylation sites (tertiary alicyclic amines) is 1. The van der Waals surface area contributed by atoms with Crippen molar-refractivity contribution >= 4 is 44.4 Å². The number of nitrogens with zero attached hydrogens (tertiary/aromatic N) is 1. The molecular formula is C29H40N6O6S. The van der Waals surface area contributed by atoms with Crippen molar-refractivity contribution in [3.63, 3.8) is 0 Å². The van der Waals surface area contributed by atoms with Gasteiger partial charge in [-0.25, -0.2) is 17.9 Å². The molecule has 2 atom stereocenters. The van der Waals surface area contributed by atoms with E-state index in [1.165, 1.54) is 19.1 Å². The summed E-state index contributed by atoms with van der Waals surface area (Å²) in [7, 11) is -4.24. The first-order chi connectivity index (χ1) is 19.9. The van der Waals surface area contributed by atoms with Crippen LogP contribution in [0.15, 0.2) is 47.4 Å². The average molecular weight is 601 g/mol. The third-order valence-corrected chi connectivity index (χ3v) is 9.86. The maximum Gasteiger partial charge on any atom is 0.341 e. The number of rotatable bonds is 11. The molecule has 12 nitrogen and oxygen atoms in total. The maximum atomic E-state index is 13.9. The van der Waals surface area contributed by atoms with Crippen LogP contribution < -0.4 is 21.1 Å². The van der Waals surface area contributed by atoms with Crippen LogP contribution >= 0.6 is 0 Å². The molecule has 0 aromatic heterocycles. The molecule has 2 aromatic rings. The van der Waals surface area contributed by atoms with Crippen molar-refractivity contribution in [1.29, 1.82) is 5.41 Å². The molecule has 0 radical (unpaired) electrons. The van der Waals surface area contributed by atoms with E-state index in [2.05, 4.69) is 15.4 Å². The van der Waals surface area contributed by atoms with Crippen molar-refractivity contribution in [2.45, 2.75) is 74.4 Å². The van der Waals surface area contributed by atoms with E-state index in [1.54, 1.807) is 23.1 Å². The van der Waals surface area contributed by atoms with Crippen LogP contribution in [0.1, 0.15) is 51.9 Å². The number of ketones is 1. The first-order valence-electron chi connectivity index (χ1n) is 14.4. The zero-order valence-corrected chi connectivity index (χ0v) is 24.6. The summed E-state index contributed by atoms with van der Waals surface area (Å²) in [6.07, 6.45) is 5.06. The highest BCUT2D eigenvalue weighted by Gasteiger charge is 2.56. The Kier molecular flexibility index (Phi) is 9.85. The van der Waals surface area contributed by atoms with E-state index >= 15 is 0 Å². The van der Waals surface area contributed by atoms with E-state index < -0.39 is 45.3 Å². The minimum atomic E-state index is -4.24. The summed E-state index contributed by atoms with van der Waals surface area (Å²) in [5, 5.41) is 25.1. The number of hydrogen-bond acceptors (Lipinski definition) is 7. The van der Waals surface area contributed by atoms with Gasteiger partial charge in [-0.3, -0.25) is 20.3 Å². The van der Waals surface area contributed by atoms with Crippen LogP contribution in [0, 0.1) is 11.3 Å². The van der Waals surface area contributed by atoms with Crippen molar-refractivity contribution in [3.05, 3.63) is 42.5 Å². The van der Waals surface area contributed by atoms with Gasteiger partial charge in [0.25, 0.3) is 11.4 Å². The van der Waals surface area contributed by atoms with Gasteiger partial charge in [-0.05, 0) is 61.4 Å². The van der Waals surface area contributed by atoms with Gasteiger partial charge in [-0.2, -0.15) is 0 Å². The Hall–Kier alpha value is -3.55. The maximum absolute atomic E-state index is 13.9. The average Bonchev–Trinajstić information content (AvgIpc) is 2.98. The van der Waals surface area contributed by atoms with Gasteiger partial charge in [-0.1, -0.05) is 49.6 Å². The molecular weight excluding hydrogens is 560 g/mol. The lowest BCUT2D eigenvalue weighted by Gasteiger charge is -2.36. The SMILES string of the molecule is CC(NS(=O)(=O)c1ccc2ccccc2c1)C(=O)C(NC1CCCCC1)(C(=O)O)C(=O)NCC1CCN(C(=N)N)CC1. The van der Waals surface area contributed by atoms with E-state index in [4.69, 9.17) is 11.1 Å². The molecule has 2 aliphatic rings. The second-order valence-corrected chi connectivity index (χ2v) is 13.0. The lowest BCUT2D eigenvalue weighted by Crippen LogP contribution is -2.72. The highest BCUT2D eigenvalue weighted by atomic mass is 32.2. The summed E-state index contributed by atoms with van der Waals surface area (Å²) < 4.78 is 28.9. The molecule has 1 aliphatic heterocycles.